The van der Waals surface area contributed by atoms with E-state index >= 15 is 0 Å². The zero-order valence-electron chi connectivity index (χ0n) is 12.7. The lowest BCUT2D eigenvalue weighted by molar-refractivity contribution is 0.687. The van der Waals surface area contributed by atoms with Gasteiger partial charge < -0.3 is 11.1 Å². The Balaban J connectivity index is 1.60. The van der Waals surface area contributed by atoms with Gasteiger partial charge in [-0.1, -0.05) is 23.8 Å². The molecule has 3 nitrogen and oxygen atoms in total. The molecule has 0 aliphatic heterocycles. The summed E-state index contributed by atoms with van der Waals surface area (Å²) >= 11 is 0. The summed E-state index contributed by atoms with van der Waals surface area (Å²) in [5.41, 5.74) is 11.6. The highest BCUT2D eigenvalue weighted by atomic mass is 15.1. The van der Waals surface area contributed by atoms with Crippen molar-refractivity contribution < 1.29 is 0 Å². The van der Waals surface area contributed by atoms with Crippen molar-refractivity contribution in [2.45, 2.75) is 51.4 Å². The Labute approximate surface area is 127 Å². The van der Waals surface area contributed by atoms with Crippen LogP contribution in [-0.4, -0.2) is 12.5 Å². The van der Waals surface area contributed by atoms with Crippen molar-refractivity contribution in [1.29, 1.82) is 0 Å². The molecule has 0 saturated carbocycles. The normalized spacial score (nSPS) is 18.3. The lowest BCUT2D eigenvalue weighted by Crippen LogP contribution is -2.24. The van der Waals surface area contributed by atoms with Gasteiger partial charge in [0.15, 0.2) is 5.96 Å². The Morgan fingerprint density at radius 1 is 1.14 bits per heavy atom. The standard InChI is InChI=1S/C18H25N3/c19-18(20-13-12-14-6-1-2-7-14)21-17-11-5-9-15-8-3-4-10-16(15)17/h5-6,9,11H,1-4,7-8,10,12-13H2,(H3,19,20,21). The molecule has 21 heavy (non-hydrogen) atoms. The largest absolute Gasteiger partial charge is 0.370 e. The van der Waals surface area contributed by atoms with E-state index in [2.05, 4.69) is 34.6 Å². The number of anilines is 1. The molecule has 0 saturated heterocycles. The summed E-state index contributed by atoms with van der Waals surface area (Å²) < 4.78 is 0. The predicted octanol–water partition coefficient (Wildman–Crippen LogP) is 3.79. The Morgan fingerprint density at radius 3 is 2.90 bits per heavy atom. The summed E-state index contributed by atoms with van der Waals surface area (Å²) in [7, 11) is 0. The first-order chi connectivity index (χ1) is 10.3. The lowest BCUT2D eigenvalue weighted by Gasteiger charge is -2.19. The third-order valence-electron chi connectivity index (χ3n) is 4.51. The molecule has 0 atom stereocenters. The van der Waals surface area contributed by atoms with Gasteiger partial charge in [-0.3, -0.25) is 4.99 Å². The topological polar surface area (TPSA) is 50.4 Å². The van der Waals surface area contributed by atoms with Gasteiger partial charge in [0.25, 0.3) is 0 Å². The minimum Gasteiger partial charge on any atom is -0.370 e. The molecule has 1 aromatic rings. The second-order valence-electron chi connectivity index (χ2n) is 6.05. The first kappa shape index (κ1) is 14.2. The van der Waals surface area contributed by atoms with E-state index in [1.807, 2.05) is 0 Å². The number of nitrogens with zero attached hydrogens (tertiary/aromatic N) is 1. The van der Waals surface area contributed by atoms with E-state index in [0.717, 1.165) is 25.1 Å². The van der Waals surface area contributed by atoms with Gasteiger partial charge >= 0.3 is 0 Å². The molecule has 2 aliphatic rings. The van der Waals surface area contributed by atoms with Crippen LogP contribution in [0.25, 0.3) is 0 Å². The zero-order valence-corrected chi connectivity index (χ0v) is 12.7. The van der Waals surface area contributed by atoms with Gasteiger partial charge in [-0.15, -0.1) is 0 Å². The van der Waals surface area contributed by atoms with Gasteiger partial charge in [0.2, 0.25) is 0 Å². The summed E-state index contributed by atoms with van der Waals surface area (Å²) in [6.45, 7) is 0.791. The van der Waals surface area contributed by atoms with E-state index in [0.29, 0.717) is 5.96 Å². The molecule has 0 heterocycles. The summed E-state index contributed by atoms with van der Waals surface area (Å²) in [4.78, 5) is 4.47. The molecule has 0 spiro atoms. The molecule has 3 N–H and O–H groups in total. The summed E-state index contributed by atoms with van der Waals surface area (Å²) in [5, 5.41) is 3.30. The van der Waals surface area contributed by atoms with Gasteiger partial charge in [-0.25, -0.2) is 0 Å². The molecule has 112 valence electrons. The summed E-state index contributed by atoms with van der Waals surface area (Å²) in [5.74, 6) is 0.549. The zero-order chi connectivity index (χ0) is 14.5. The third-order valence-corrected chi connectivity index (χ3v) is 4.51. The van der Waals surface area contributed by atoms with Crippen LogP contribution in [0.2, 0.25) is 0 Å². The fourth-order valence-electron chi connectivity index (χ4n) is 3.36. The Morgan fingerprint density at radius 2 is 2.05 bits per heavy atom. The maximum absolute atomic E-state index is 6.04. The van der Waals surface area contributed by atoms with Crippen LogP contribution in [0.4, 0.5) is 5.69 Å². The number of aryl methyl sites for hydroxylation is 1. The lowest BCUT2D eigenvalue weighted by atomic mass is 9.90. The van der Waals surface area contributed by atoms with E-state index in [9.17, 15) is 0 Å². The monoisotopic (exact) mass is 283 g/mol. The van der Waals surface area contributed by atoms with Crippen LogP contribution < -0.4 is 11.1 Å². The van der Waals surface area contributed by atoms with E-state index < -0.39 is 0 Å². The number of allylic oxidation sites excluding steroid dienone is 1. The number of hydrogen-bond acceptors (Lipinski definition) is 1. The van der Waals surface area contributed by atoms with Crippen LogP contribution >= 0.6 is 0 Å². The SMILES string of the molecule is NC(=NCCC1=CCCC1)Nc1cccc2c1CCCC2. The molecule has 0 bridgehead atoms. The van der Waals surface area contributed by atoms with E-state index in [-0.39, 0.29) is 0 Å². The second kappa shape index (κ2) is 6.79. The quantitative estimate of drug-likeness (QED) is 0.502. The van der Waals surface area contributed by atoms with Crippen molar-refractivity contribution in [3.63, 3.8) is 0 Å². The first-order valence-electron chi connectivity index (χ1n) is 8.18. The average Bonchev–Trinajstić information content (AvgIpc) is 3.01. The van der Waals surface area contributed by atoms with E-state index in [1.165, 1.54) is 49.7 Å². The van der Waals surface area contributed by atoms with Crippen molar-refractivity contribution in [2.75, 3.05) is 11.9 Å². The van der Waals surface area contributed by atoms with Gasteiger partial charge in [0.1, 0.15) is 0 Å². The maximum Gasteiger partial charge on any atom is 0.193 e. The fourth-order valence-corrected chi connectivity index (χ4v) is 3.36. The summed E-state index contributed by atoms with van der Waals surface area (Å²) in [6.07, 6.45) is 12.1. The first-order valence-corrected chi connectivity index (χ1v) is 8.18. The molecule has 2 aliphatic carbocycles. The number of fused-ring (bicyclic) bond motifs is 1. The number of aliphatic imine (C=N–C) groups is 1. The van der Waals surface area contributed by atoms with Crippen molar-refractivity contribution >= 4 is 11.6 Å². The van der Waals surface area contributed by atoms with E-state index in [1.54, 1.807) is 5.57 Å². The van der Waals surface area contributed by atoms with Crippen molar-refractivity contribution in [3.8, 4) is 0 Å². The molecular formula is C18H25N3. The number of benzene rings is 1. The maximum atomic E-state index is 6.04. The Hall–Kier alpha value is -1.77. The molecule has 1 aromatic carbocycles. The highest BCUT2D eigenvalue weighted by Crippen LogP contribution is 2.27. The van der Waals surface area contributed by atoms with Gasteiger partial charge in [0.05, 0.1) is 0 Å². The van der Waals surface area contributed by atoms with Crippen molar-refractivity contribution in [2.24, 2.45) is 10.7 Å². The van der Waals surface area contributed by atoms with Crippen LogP contribution in [0.15, 0.2) is 34.8 Å². The molecule has 3 heteroatoms. The van der Waals surface area contributed by atoms with Crippen LogP contribution in [0.1, 0.15) is 49.7 Å². The van der Waals surface area contributed by atoms with Crippen LogP contribution in [0, 0.1) is 0 Å². The molecular weight excluding hydrogens is 258 g/mol. The molecule has 0 radical (unpaired) electrons. The average molecular weight is 283 g/mol. The fraction of sp³-hybridized carbons (Fsp3) is 0.500. The molecule has 3 rings (SSSR count). The molecule has 0 fully saturated rings. The minimum atomic E-state index is 0.549. The van der Waals surface area contributed by atoms with Crippen LogP contribution in [0.5, 0.6) is 0 Å². The number of nitrogens with two attached hydrogens (primary N) is 1. The number of nitrogens with one attached hydrogen (secondary N) is 1. The molecule has 0 aromatic heterocycles. The molecule has 0 unspecified atom stereocenters. The van der Waals surface area contributed by atoms with Gasteiger partial charge in [-0.2, -0.15) is 0 Å². The van der Waals surface area contributed by atoms with Crippen LogP contribution in [-0.2, 0) is 12.8 Å². The Bertz CT molecular complexity index is 558. The predicted molar refractivity (Wildman–Crippen MR) is 89.7 cm³/mol. The van der Waals surface area contributed by atoms with Gasteiger partial charge in [0, 0.05) is 12.2 Å². The number of guanidine groups is 1. The minimum absolute atomic E-state index is 0.549. The Kier molecular flexibility index (Phi) is 4.59. The number of hydrogen-bond donors (Lipinski definition) is 2. The highest BCUT2D eigenvalue weighted by Gasteiger charge is 2.13. The molecule has 0 amide bonds. The van der Waals surface area contributed by atoms with Crippen molar-refractivity contribution in [1.82, 2.24) is 0 Å². The second-order valence-corrected chi connectivity index (χ2v) is 6.05. The third kappa shape index (κ3) is 3.66. The number of rotatable bonds is 4. The smallest absolute Gasteiger partial charge is 0.193 e. The summed E-state index contributed by atoms with van der Waals surface area (Å²) in [6, 6.07) is 6.47. The van der Waals surface area contributed by atoms with Gasteiger partial charge in [-0.05, 0) is 68.6 Å². The highest BCUT2D eigenvalue weighted by molar-refractivity contribution is 5.93. The van der Waals surface area contributed by atoms with Crippen LogP contribution in [0.3, 0.4) is 0 Å². The van der Waals surface area contributed by atoms with Crippen molar-refractivity contribution in [3.05, 3.63) is 41.0 Å². The van der Waals surface area contributed by atoms with E-state index in [4.69, 9.17) is 5.73 Å².